The van der Waals surface area contributed by atoms with Gasteiger partial charge in [-0.05, 0) is 24.3 Å². The van der Waals surface area contributed by atoms with Crippen LogP contribution in [0.2, 0.25) is 0 Å². The zero-order chi connectivity index (χ0) is 17.2. The number of aliphatic hydroxyl groups excluding tert-OH is 1. The molecule has 4 N–H and O–H groups in total. The van der Waals surface area contributed by atoms with Gasteiger partial charge in [0.15, 0.2) is 6.10 Å². The van der Waals surface area contributed by atoms with E-state index in [-0.39, 0.29) is 39.6 Å². The first-order valence-electron chi connectivity index (χ1n) is 7.36. The predicted molar refractivity (Wildman–Crippen MR) is 93.1 cm³/mol. The molecule has 0 aliphatic heterocycles. The standard InChI is InChI=1S/C18H15ClN2O3.Cu.H2O/c19-13-11-18(14-5-1-3-9-20-14,15-6-2-4-10-21-15)8-7-12(13)16(22)17(23)24;;/h1-10,16,22H,11H2,(H,23,24);;1H2. The van der Waals surface area contributed by atoms with Gasteiger partial charge in [0.2, 0.25) is 0 Å². The zero-order valence-corrected chi connectivity index (χ0v) is 15.1. The van der Waals surface area contributed by atoms with Crippen molar-refractivity contribution in [3.63, 3.8) is 0 Å². The monoisotopic (exact) mass is 423 g/mol. The molecule has 1 atom stereocenters. The summed E-state index contributed by atoms with van der Waals surface area (Å²) in [4.78, 5) is 19.9. The van der Waals surface area contributed by atoms with Crippen molar-refractivity contribution in [3.05, 3.63) is 82.9 Å². The first kappa shape index (κ1) is 22.0. The van der Waals surface area contributed by atoms with Gasteiger partial charge in [0.05, 0.1) is 16.8 Å². The molecule has 1 radical (unpaired) electrons. The number of hydrogen-bond donors (Lipinski definition) is 2. The van der Waals surface area contributed by atoms with Gasteiger partial charge in [-0.3, -0.25) is 9.97 Å². The zero-order valence-electron chi connectivity index (χ0n) is 13.4. The van der Waals surface area contributed by atoms with E-state index in [0.29, 0.717) is 0 Å². The molecule has 26 heavy (non-hydrogen) atoms. The van der Waals surface area contributed by atoms with Crippen molar-refractivity contribution in [2.75, 3.05) is 0 Å². The van der Waals surface area contributed by atoms with E-state index in [1.807, 2.05) is 42.5 Å². The van der Waals surface area contributed by atoms with Crippen LogP contribution in [0.25, 0.3) is 0 Å². The number of rotatable bonds is 4. The molecule has 0 saturated carbocycles. The topological polar surface area (TPSA) is 115 Å². The summed E-state index contributed by atoms with van der Waals surface area (Å²) in [7, 11) is 0. The summed E-state index contributed by atoms with van der Waals surface area (Å²) in [5.74, 6) is -1.34. The summed E-state index contributed by atoms with van der Waals surface area (Å²) >= 11 is 6.36. The van der Waals surface area contributed by atoms with Gasteiger partial charge in [0.1, 0.15) is 0 Å². The van der Waals surface area contributed by atoms with Gasteiger partial charge in [-0.25, -0.2) is 4.79 Å². The fourth-order valence-electron chi connectivity index (χ4n) is 2.84. The third kappa shape index (κ3) is 4.03. The molecule has 1 aliphatic rings. The maximum absolute atomic E-state index is 11.0. The van der Waals surface area contributed by atoms with Crippen LogP contribution in [0.3, 0.4) is 0 Å². The molecule has 141 valence electrons. The average molecular weight is 424 g/mol. The molecule has 0 bridgehead atoms. The minimum absolute atomic E-state index is 0. The Morgan fingerprint density at radius 1 is 1.12 bits per heavy atom. The van der Waals surface area contributed by atoms with Gasteiger partial charge in [-0.15, -0.1) is 0 Å². The number of nitrogens with zero attached hydrogens (tertiary/aromatic N) is 2. The SMILES string of the molecule is O.O=C(O)C(O)C1=C(Cl)CC(c2ccccn2)(c2ccccn2)C=C1.[Cu]. The quantitative estimate of drug-likeness (QED) is 0.727. The molecule has 1 aliphatic carbocycles. The number of halogens is 1. The van der Waals surface area contributed by atoms with Crippen LogP contribution in [0, 0.1) is 0 Å². The molecule has 2 aromatic heterocycles. The van der Waals surface area contributed by atoms with E-state index >= 15 is 0 Å². The number of aliphatic hydroxyl groups is 1. The third-order valence-electron chi connectivity index (χ3n) is 4.07. The van der Waals surface area contributed by atoms with E-state index in [9.17, 15) is 9.90 Å². The van der Waals surface area contributed by atoms with Crippen LogP contribution in [-0.4, -0.2) is 37.7 Å². The van der Waals surface area contributed by atoms with Crippen LogP contribution in [-0.2, 0) is 27.3 Å². The normalized spacial score (nSPS) is 16.2. The van der Waals surface area contributed by atoms with Gasteiger partial charge < -0.3 is 15.7 Å². The van der Waals surface area contributed by atoms with Crippen LogP contribution in [0.5, 0.6) is 0 Å². The number of allylic oxidation sites excluding steroid dienone is 2. The molecule has 0 aromatic carbocycles. The van der Waals surface area contributed by atoms with Crippen LogP contribution < -0.4 is 0 Å². The first-order chi connectivity index (χ1) is 11.5. The largest absolute Gasteiger partial charge is 0.479 e. The smallest absolute Gasteiger partial charge is 0.337 e. The van der Waals surface area contributed by atoms with Gasteiger partial charge in [0.25, 0.3) is 0 Å². The number of pyridine rings is 2. The Hall–Kier alpha value is -2.02. The van der Waals surface area contributed by atoms with Gasteiger partial charge in [-0.1, -0.05) is 35.9 Å². The van der Waals surface area contributed by atoms with Gasteiger partial charge >= 0.3 is 5.97 Å². The Morgan fingerprint density at radius 3 is 2.04 bits per heavy atom. The number of carboxylic acid groups (broad SMARTS) is 1. The summed E-state index contributed by atoms with van der Waals surface area (Å²) in [6.07, 6.45) is 5.36. The summed E-state index contributed by atoms with van der Waals surface area (Å²) < 4.78 is 0. The Kier molecular flexibility index (Phi) is 7.68. The molecular weight excluding hydrogens is 407 g/mol. The molecule has 6 nitrogen and oxygen atoms in total. The van der Waals surface area contributed by atoms with Crippen LogP contribution >= 0.6 is 11.6 Å². The fraction of sp³-hybridized carbons (Fsp3) is 0.167. The molecule has 3 rings (SSSR count). The molecule has 2 aromatic rings. The van der Waals surface area contributed by atoms with Crippen molar-refractivity contribution in [1.82, 2.24) is 9.97 Å². The van der Waals surface area contributed by atoms with Gasteiger partial charge in [-0.2, -0.15) is 0 Å². The van der Waals surface area contributed by atoms with E-state index in [4.69, 9.17) is 16.7 Å². The van der Waals surface area contributed by atoms with Crippen LogP contribution in [0.1, 0.15) is 17.8 Å². The van der Waals surface area contributed by atoms with E-state index in [0.717, 1.165) is 11.4 Å². The van der Waals surface area contributed by atoms with Gasteiger partial charge in [0, 0.05) is 46.5 Å². The van der Waals surface area contributed by atoms with Crippen LogP contribution in [0.4, 0.5) is 0 Å². The van der Waals surface area contributed by atoms with E-state index in [1.54, 1.807) is 18.5 Å². The summed E-state index contributed by atoms with van der Waals surface area (Å²) in [6, 6.07) is 11.1. The van der Waals surface area contributed by atoms with E-state index in [1.165, 1.54) is 0 Å². The van der Waals surface area contributed by atoms with E-state index in [2.05, 4.69) is 9.97 Å². The molecule has 0 saturated heterocycles. The fourth-order valence-corrected chi connectivity index (χ4v) is 3.21. The second kappa shape index (κ2) is 9.07. The predicted octanol–water partition coefficient (Wildman–Crippen LogP) is 1.83. The van der Waals surface area contributed by atoms with Crippen molar-refractivity contribution in [2.45, 2.75) is 17.9 Å². The number of aliphatic carboxylic acids is 1. The summed E-state index contributed by atoms with van der Waals surface area (Å²) in [5.41, 5.74) is 0.983. The maximum Gasteiger partial charge on any atom is 0.337 e. The Morgan fingerprint density at radius 2 is 1.65 bits per heavy atom. The molecule has 0 spiro atoms. The van der Waals surface area contributed by atoms with E-state index < -0.39 is 17.5 Å². The minimum Gasteiger partial charge on any atom is -0.479 e. The minimum atomic E-state index is -1.65. The maximum atomic E-state index is 11.0. The van der Waals surface area contributed by atoms with Crippen molar-refractivity contribution in [2.24, 2.45) is 0 Å². The second-order valence-corrected chi connectivity index (χ2v) is 5.97. The van der Waals surface area contributed by atoms with Crippen molar-refractivity contribution < 1.29 is 37.6 Å². The van der Waals surface area contributed by atoms with Crippen molar-refractivity contribution in [1.29, 1.82) is 0 Å². The number of aromatic nitrogens is 2. The molecule has 0 fully saturated rings. The Balaban J connectivity index is 0.00000169. The van der Waals surface area contributed by atoms with Crippen molar-refractivity contribution in [3.8, 4) is 0 Å². The molecule has 0 amide bonds. The molecular formula is C18H17ClCuN2O4. The molecule has 1 unspecified atom stereocenters. The third-order valence-corrected chi connectivity index (χ3v) is 4.42. The van der Waals surface area contributed by atoms with Crippen LogP contribution in [0.15, 0.2) is 71.5 Å². The number of carboxylic acids is 1. The average Bonchev–Trinajstić information content (AvgIpc) is 2.62. The molecule has 8 heteroatoms. The summed E-state index contributed by atoms with van der Waals surface area (Å²) in [5, 5.41) is 19.1. The number of hydrogen-bond acceptors (Lipinski definition) is 4. The van der Waals surface area contributed by atoms with Crippen molar-refractivity contribution >= 4 is 17.6 Å². The number of carbonyl (C=O) groups is 1. The molecule has 2 heterocycles. The Bertz CT molecular complexity index is 773. The second-order valence-electron chi connectivity index (χ2n) is 5.51. The summed E-state index contributed by atoms with van der Waals surface area (Å²) in [6.45, 7) is 0. The Labute approximate surface area is 166 Å². The first-order valence-corrected chi connectivity index (χ1v) is 7.74.